The maximum absolute atomic E-state index is 12.3. The number of hydrogen-bond donors (Lipinski definition) is 2. The Morgan fingerprint density at radius 2 is 2.15 bits per heavy atom. The second-order valence-electron chi connectivity index (χ2n) is 4.63. The van der Waals surface area contributed by atoms with Crippen LogP contribution < -0.4 is 11.1 Å². The smallest absolute Gasteiger partial charge is 0.234 e. The van der Waals surface area contributed by atoms with Crippen molar-refractivity contribution in [2.24, 2.45) is 11.7 Å². The first-order chi connectivity index (χ1) is 9.60. The molecule has 0 spiro atoms. The first kappa shape index (κ1) is 16.6. The van der Waals surface area contributed by atoms with E-state index in [1.807, 2.05) is 31.2 Å². The van der Waals surface area contributed by atoms with Gasteiger partial charge in [-0.3, -0.25) is 4.79 Å². The van der Waals surface area contributed by atoms with Crippen LogP contribution in [0.2, 0.25) is 0 Å². The van der Waals surface area contributed by atoms with Gasteiger partial charge in [-0.05, 0) is 24.5 Å². The molecule has 0 aromatic heterocycles. The number of rotatable bonds is 8. The fourth-order valence-corrected chi connectivity index (χ4v) is 2.21. The lowest BCUT2D eigenvalue weighted by Gasteiger charge is -2.16. The van der Waals surface area contributed by atoms with Gasteiger partial charge in [0.25, 0.3) is 0 Å². The molecule has 1 unspecified atom stereocenters. The van der Waals surface area contributed by atoms with Gasteiger partial charge >= 0.3 is 0 Å². The Balaban J connectivity index is 2.80. The summed E-state index contributed by atoms with van der Waals surface area (Å²) in [4.78, 5) is 12.5. The van der Waals surface area contributed by atoms with Crippen LogP contribution in [-0.2, 0) is 16.0 Å². The van der Waals surface area contributed by atoms with Crippen LogP contribution >= 0.6 is 12.2 Å². The lowest BCUT2D eigenvalue weighted by molar-refractivity contribution is -0.118. The zero-order chi connectivity index (χ0) is 15.0. The number of nitrogens with two attached hydrogens (primary N) is 1. The third-order valence-corrected chi connectivity index (χ3v) is 3.37. The number of anilines is 1. The lowest BCUT2D eigenvalue weighted by atomic mass is 10.0. The molecule has 0 aliphatic carbocycles. The minimum atomic E-state index is -0.412. The van der Waals surface area contributed by atoms with E-state index >= 15 is 0 Å². The number of ether oxygens (including phenoxy) is 1. The Hall–Kier alpha value is -1.46. The summed E-state index contributed by atoms with van der Waals surface area (Å²) in [5, 5.41) is 2.92. The maximum atomic E-state index is 12.3. The summed E-state index contributed by atoms with van der Waals surface area (Å²) < 4.78 is 5.08. The standard InChI is InChI=1S/C15H22N2O2S/c1-3-6-12(14(16)20)15(18)17-13-8-5-4-7-11(13)9-10-19-2/h4-5,7-8,12H,3,6,9-10H2,1-2H3,(H2,16,20)(H,17,18). The summed E-state index contributed by atoms with van der Waals surface area (Å²) in [7, 11) is 1.66. The number of carbonyl (C=O) groups excluding carboxylic acids is 1. The minimum absolute atomic E-state index is 0.135. The van der Waals surface area contributed by atoms with Crippen molar-refractivity contribution >= 4 is 28.8 Å². The molecule has 5 heteroatoms. The topological polar surface area (TPSA) is 64.3 Å². The lowest BCUT2D eigenvalue weighted by Crippen LogP contribution is -2.33. The monoisotopic (exact) mass is 294 g/mol. The number of benzene rings is 1. The number of nitrogens with one attached hydrogen (secondary N) is 1. The zero-order valence-electron chi connectivity index (χ0n) is 12.0. The van der Waals surface area contributed by atoms with Crippen molar-refractivity contribution in [3.05, 3.63) is 29.8 Å². The highest BCUT2D eigenvalue weighted by Gasteiger charge is 2.21. The van der Waals surface area contributed by atoms with Crippen LogP contribution in [0.15, 0.2) is 24.3 Å². The predicted molar refractivity (Wildman–Crippen MR) is 85.8 cm³/mol. The van der Waals surface area contributed by atoms with Gasteiger partial charge in [0.15, 0.2) is 0 Å². The van der Waals surface area contributed by atoms with E-state index in [4.69, 9.17) is 22.7 Å². The second-order valence-corrected chi connectivity index (χ2v) is 5.10. The fourth-order valence-electron chi connectivity index (χ4n) is 1.98. The first-order valence-electron chi connectivity index (χ1n) is 6.77. The number of methoxy groups -OCH3 is 1. The first-order valence-corrected chi connectivity index (χ1v) is 7.18. The van der Waals surface area contributed by atoms with Crippen LogP contribution in [0.1, 0.15) is 25.3 Å². The van der Waals surface area contributed by atoms with E-state index in [2.05, 4.69) is 5.32 Å². The van der Waals surface area contributed by atoms with Crippen molar-refractivity contribution in [1.82, 2.24) is 0 Å². The van der Waals surface area contributed by atoms with Crippen molar-refractivity contribution in [1.29, 1.82) is 0 Å². The Morgan fingerprint density at radius 3 is 2.75 bits per heavy atom. The largest absolute Gasteiger partial charge is 0.393 e. The molecule has 110 valence electrons. The maximum Gasteiger partial charge on any atom is 0.234 e. The van der Waals surface area contributed by atoms with Gasteiger partial charge in [-0.2, -0.15) is 0 Å². The van der Waals surface area contributed by atoms with Gasteiger partial charge in [0.1, 0.15) is 0 Å². The number of para-hydroxylation sites is 1. The van der Waals surface area contributed by atoms with E-state index in [0.29, 0.717) is 13.0 Å². The zero-order valence-corrected chi connectivity index (χ0v) is 12.8. The summed E-state index contributed by atoms with van der Waals surface area (Å²) in [6.45, 7) is 2.62. The van der Waals surface area contributed by atoms with E-state index in [0.717, 1.165) is 24.1 Å². The average Bonchev–Trinajstić information content (AvgIpc) is 2.43. The SMILES string of the molecule is CCCC(C(=O)Nc1ccccc1CCOC)C(N)=S. The molecular formula is C15H22N2O2S. The van der Waals surface area contributed by atoms with Crippen LogP contribution in [0.5, 0.6) is 0 Å². The highest BCUT2D eigenvalue weighted by Crippen LogP contribution is 2.18. The normalized spacial score (nSPS) is 11.9. The highest BCUT2D eigenvalue weighted by atomic mass is 32.1. The van der Waals surface area contributed by atoms with Crippen LogP contribution in [0.4, 0.5) is 5.69 Å². The Kier molecular flexibility index (Phi) is 7.18. The van der Waals surface area contributed by atoms with E-state index in [1.54, 1.807) is 7.11 Å². The molecule has 1 atom stereocenters. The van der Waals surface area contributed by atoms with E-state index in [-0.39, 0.29) is 10.9 Å². The van der Waals surface area contributed by atoms with Gasteiger partial charge in [-0.25, -0.2) is 0 Å². The second kappa shape index (κ2) is 8.66. The molecule has 0 aliphatic rings. The third-order valence-electron chi connectivity index (χ3n) is 3.09. The minimum Gasteiger partial charge on any atom is -0.393 e. The van der Waals surface area contributed by atoms with Crippen molar-refractivity contribution in [2.75, 3.05) is 19.0 Å². The highest BCUT2D eigenvalue weighted by molar-refractivity contribution is 7.80. The summed E-state index contributed by atoms with van der Waals surface area (Å²) in [6.07, 6.45) is 2.28. The molecule has 3 N–H and O–H groups in total. The molecule has 0 aliphatic heterocycles. The molecule has 0 saturated heterocycles. The van der Waals surface area contributed by atoms with Crippen LogP contribution in [0, 0.1) is 5.92 Å². The predicted octanol–water partition coefficient (Wildman–Crippen LogP) is 2.52. The molecule has 0 fully saturated rings. The summed E-state index contributed by atoms with van der Waals surface area (Å²) in [5.41, 5.74) is 7.49. The Morgan fingerprint density at radius 1 is 1.45 bits per heavy atom. The molecule has 0 radical (unpaired) electrons. The third kappa shape index (κ3) is 4.90. The van der Waals surface area contributed by atoms with Crippen molar-refractivity contribution in [3.63, 3.8) is 0 Å². The van der Waals surface area contributed by atoms with Gasteiger partial charge < -0.3 is 15.8 Å². The molecule has 20 heavy (non-hydrogen) atoms. The molecule has 0 heterocycles. The Bertz CT molecular complexity index is 463. The molecule has 1 rings (SSSR count). The molecule has 1 aromatic carbocycles. The Labute approximate surface area is 125 Å². The van der Waals surface area contributed by atoms with Crippen molar-refractivity contribution in [3.8, 4) is 0 Å². The summed E-state index contributed by atoms with van der Waals surface area (Å²) in [5.74, 6) is -0.547. The van der Waals surface area contributed by atoms with Gasteiger partial charge in [0.05, 0.1) is 17.5 Å². The quantitative estimate of drug-likeness (QED) is 0.723. The molecule has 0 saturated carbocycles. The number of hydrogen-bond acceptors (Lipinski definition) is 3. The molecule has 1 amide bonds. The van der Waals surface area contributed by atoms with E-state index in [1.165, 1.54) is 0 Å². The van der Waals surface area contributed by atoms with Crippen molar-refractivity contribution < 1.29 is 9.53 Å². The van der Waals surface area contributed by atoms with Gasteiger partial charge in [-0.15, -0.1) is 0 Å². The number of thiocarbonyl (C=S) groups is 1. The summed E-state index contributed by atoms with van der Waals surface area (Å²) in [6, 6.07) is 7.69. The fraction of sp³-hybridized carbons (Fsp3) is 0.467. The van der Waals surface area contributed by atoms with Gasteiger partial charge in [0.2, 0.25) is 5.91 Å². The summed E-state index contributed by atoms with van der Waals surface area (Å²) >= 11 is 4.97. The van der Waals surface area contributed by atoms with E-state index < -0.39 is 5.92 Å². The molecule has 0 bridgehead atoms. The van der Waals surface area contributed by atoms with Crippen LogP contribution in [0.25, 0.3) is 0 Å². The van der Waals surface area contributed by atoms with Gasteiger partial charge in [0, 0.05) is 12.8 Å². The average molecular weight is 294 g/mol. The molecular weight excluding hydrogens is 272 g/mol. The van der Waals surface area contributed by atoms with Crippen LogP contribution in [0.3, 0.4) is 0 Å². The van der Waals surface area contributed by atoms with E-state index in [9.17, 15) is 4.79 Å². The van der Waals surface area contributed by atoms with Crippen molar-refractivity contribution in [2.45, 2.75) is 26.2 Å². The van der Waals surface area contributed by atoms with Crippen LogP contribution in [-0.4, -0.2) is 24.6 Å². The number of carbonyl (C=O) groups is 1. The number of amides is 1. The molecule has 1 aromatic rings. The molecule has 4 nitrogen and oxygen atoms in total. The van der Waals surface area contributed by atoms with Gasteiger partial charge in [-0.1, -0.05) is 43.8 Å².